The molecule has 0 saturated carbocycles. The lowest BCUT2D eigenvalue weighted by Crippen LogP contribution is -2.42. The van der Waals surface area contributed by atoms with Gasteiger partial charge in [0.25, 0.3) is 0 Å². The summed E-state index contributed by atoms with van der Waals surface area (Å²) < 4.78 is 32.2. The average molecular weight is 448 g/mol. The molecule has 7 heteroatoms. The molecule has 3 N–H and O–H groups in total. The standard InChI is InChI=1S/C26H26FN3O3/c1-15-18(4-3-5-19(15)17-10-21(27)20(13-28)23(12-17)31-2)16-6-7-22-24(11-16)33-25(14-32-22)26-29-8-9-30-26/h3-7,10-12,25H,8-9,13-14,28H2,1-2H3,(H,29,30). The van der Waals surface area contributed by atoms with Gasteiger partial charge in [-0.2, -0.15) is 0 Å². The Morgan fingerprint density at radius 1 is 1.12 bits per heavy atom. The van der Waals surface area contributed by atoms with Crippen LogP contribution in [0.4, 0.5) is 4.39 Å². The lowest BCUT2D eigenvalue weighted by atomic mass is 9.92. The van der Waals surface area contributed by atoms with E-state index in [0.717, 1.165) is 46.7 Å². The van der Waals surface area contributed by atoms with Crippen LogP contribution in [-0.4, -0.2) is 38.7 Å². The van der Waals surface area contributed by atoms with Crippen molar-refractivity contribution >= 4 is 5.84 Å². The molecular formula is C26H26FN3O3. The van der Waals surface area contributed by atoms with Crippen LogP contribution in [0.2, 0.25) is 0 Å². The highest BCUT2D eigenvalue weighted by molar-refractivity contribution is 5.89. The molecule has 0 radical (unpaired) electrons. The van der Waals surface area contributed by atoms with Gasteiger partial charge in [-0.15, -0.1) is 0 Å². The zero-order valence-electron chi connectivity index (χ0n) is 18.7. The molecule has 5 rings (SSSR count). The molecule has 33 heavy (non-hydrogen) atoms. The molecule has 0 saturated heterocycles. The van der Waals surface area contributed by atoms with Crippen LogP contribution in [0.5, 0.6) is 17.2 Å². The number of benzene rings is 3. The van der Waals surface area contributed by atoms with Crippen LogP contribution < -0.4 is 25.3 Å². The van der Waals surface area contributed by atoms with E-state index in [1.54, 1.807) is 0 Å². The lowest BCUT2D eigenvalue weighted by molar-refractivity contribution is 0.133. The number of hydrogen-bond donors (Lipinski definition) is 2. The second-order valence-electron chi connectivity index (χ2n) is 8.09. The summed E-state index contributed by atoms with van der Waals surface area (Å²) in [6, 6.07) is 15.3. The Morgan fingerprint density at radius 2 is 1.94 bits per heavy atom. The zero-order chi connectivity index (χ0) is 22.9. The van der Waals surface area contributed by atoms with Crippen molar-refractivity contribution in [2.75, 3.05) is 26.8 Å². The number of fused-ring (bicyclic) bond motifs is 1. The molecule has 2 aliphatic rings. The van der Waals surface area contributed by atoms with E-state index in [1.807, 2.05) is 49.4 Å². The average Bonchev–Trinajstić information content (AvgIpc) is 3.38. The Bertz CT molecular complexity index is 1240. The van der Waals surface area contributed by atoms with Crippen molar-refractivity contribution in [1.29, 1.82) is 0 Å². The zero-order valence-corrected chi connectivity index (χ0v) is 18.7. The molecule has 0 fully saturated rings. The minimum absolute atomic E-state index is 0.0778. The number of rotatable bonds is 5. The SMILES string of the molecule is COc1cc(-c2cccc(-c3ccc4c(c3)OC(C3=NCCN3)CO4)c2C)cc(F)c1CN. The molecule has 1 unspecified atom stereocenters. The second kappa shape index (κ2) is 8.75. The molecule has 6 nitrogen and oxygen atoms in total. The van der Waals surface area contributed by atoms with Gasteiger partial charge in [0.15, 0.2) is 17.6 Å². The minimum Gasteiger partial charge on any atom is -0.496 e. The number of nitrogens with one attached hydrogen (secondary N) is 1. The van der Waals surface area contributed by atoms with E-state index < -0.39 is 0 Å². The Kier molecular flexibility index (Phi) is 5.64. The van der Waals surface area contributed by atoms with Gasteiger partial charge in [-0.05, 0) is 59.0 Å². The van der Waals surface area contributed by atoms with Crippen molar-refractivity contribution in [3.8, 4) is 39.5 Å². The Hall–Kier alpha value is -3.58. The quantitative estimate of drug-likeness (QED) is 0.616. The largest absolute Gasteiger partial charge is 0.496 e. The minimum atomic E-state index is -0.370. The van der Waals surface area contributed by atoms with Crippen LogP contribution in [0.1, 0.15) is 11.1 Å². The van der Waals surface area contributed by atoms with Gasteiger partial charge in [0, 0.05) is 18.7 Å². The van der Waals surface area contributed by atoms with Crippen LogP contribution in [0, 0.1) is 12.7 Å². The Labute approximate surface area is 192 Å². The predicted octanol–water partition coefficient (Wildman–Crippen LogP) is 4.08. The number of nitrogens with two attached hydrogens (primary N) is 1. The van der Waals surface area contributed by atoms with Crippen molar-refractivity contribution in [2.24, 2.45) is 10.7 Å². The van der Waals surface area contributed by atoms with Crippen molar-refractivity contribution in [3.63, 3.8) is 0 Å². The summed E-state index contributed by atoms with van der Waals surface area (Å²) in [5, 5.41) is 3.26. The molecular weight excluding hydrogens is 421 g/mol. The maximum Gasteiger partial charge on any atom is 0.189 e. The third-order valence-electron chi connectivity index (χ3n) is 6.14. The first kappa shape index (κ1) is 21.3. The van der Waals surface area contributed by atoms with E-state index in [2.05, 4.69) is 10.3 Å². The fourth-order valence-electron chi connectivity index (χ4n) is 4.41. The fourth-order valence-corrected chi connectivity index (χ4v) is 4.41. The molecule has 0 amide bonds. The molecule has 0 aliphatic carbocycles. The highest BCUT2D eigenvalue weighted by atomic mass is 19.1. The van der Waals surface area contributed by atoms with Gasteiger partial charge in [0.1, 0.15) is 24.0 Å². The van der Waals surface area contributed by atoms with Gasteiger partial charge >= 0.3 is 0 Å². The number of amidine groups is 1. The van der Waals surface area contributed by atoms with Gasteiger partial charge in [-0.25, -0.2) is 4.39 Å². The van der Waals surface area contributed by atoms with Crippen molar-refractivity contribution < 1.29 is 18.6 Å². The predicted molar refractivity (Wildman–Crippen MR) is 127 cm³/mol. The second-order valence-corrected chi connectivity index (χ2v) is 8.09. The molecule has 0 aromatic heterocycles. The van der Waals surface area contributed by atoms with E-state index in [4.69, 9.17) is 19.9 Å². The maximum atomic E-state index is 14.7. The molecule has 3 aromatic rings. The highest BCUT2D eigenvalue weighted by Gasteiger charge is 2.27. The van der Waals surface area contributed by atoms with Crippen molar-refractivity contribution in [2.45, 2.75) is 19.6 Å². The van der Waals surface area contributed by atoms with Crippen LogP contribution in [-0.2, 0) is 6.54 Å². The van der Waals surface area contributed by atoms with E-state index in [9.17, 15) is 4.39 Å². The van der Waals surface area contributed by atoms with Crippen molar-refractivity contribution in [1.82, 2.24) is 5.32 Å². The molecule has 2 heterocycles. The normalized spacial score (nSPS) is 16.8. The van der Waals surface area contributed by atoms with Gasteiger partial charge < -0.3 is 25.3 Å². The summed E-state index contributed by atoms with van der Waals surface area (Å²) in [6.07, 6.45) is -0.237. The third kappa shape index (κ3) is 3.89. The van der Waals surface area contributed by atoms with Crippen LogP contribution >= 0.6 is 0 Å². The Morgan fingerprint density at radius 3 is 2.67 bits per heavy atom. The van der Waals surface area contributed by atoms with Crippen LogP contribution in [0.25, 0.3) is 22.3 Å². The summed E-state index contributed by atoms with van der Waals surface area (Å²) in [5.74, 6) is 2.31. The summed E-state index contributed by atoms with van der Waals surface area (Å²) in [7, 11) is 1.52. The number of aliphatic imine (C=N–C) groups is 1. The molecule has 1 atom stereocenters. The van der Waals surface area contributed by atoms with Gasteiger partial charge in [0.05, 0.1) is 13.7 Å². The lowest BCUT2D eigenvalue weighted by Gasteiger charge is -2.27. The van der Waals surface area contributed by atoms with E-state index >= 15 is 0 Å². The van der Waals surface area contributed by atoms with E-state index in [1.165, 1.54) is 13.2 Å². The summed E-state index contributed by atoms with van der Waals surface area (Å²) in [5.41, 5.74) is 10.8. The van der Waals surface area contributed by atoms with Gasteiger partial charge in [0.2, 0.25) is 0 Å². The number of nitrogens with zero attached hydrogens (tertiary/aromatic N) is 1. The monoisotopic (exact) mass is 447 g/mol. The van der Waals surface area contributed by atoms with E-state index in [0.29, 0.717) is 29.4 Å². The van der Waals surface area contributed by atoms with Crippen molar-refractivity contribution in [3.05, 3.63) is 65.5 Å². The fraction of sp³-hybridized carbons (Fsp3) is 0.269. The summed E-state index contributed by atoms with van der Waals surface area (Å²) >= 11 is 0. The Balaban J connectivity index is 1.52. The van der Waals surface area contributed by atoms with E-state index in [-0.39, 0.29) is 18.5 Å². The number of hydrogen-bond acceptors (Lipinski definition) is 6. The number of ether oxygens (including phenoxy) is 3. The maximum absolute atomic E-state index is 14.7. The topological polar surface area (TPSA) is 78.1 Å². The first-order valence-electron chi connectivity index (χ1n) is 11.0. The summed E-state index contributed by atoms with van der Waals surface area (Å²) in [4.78, 5) is 4.46. The summed E-state index contributed by atoms with van der Waals surface area (Å²) in [6.45, 7) is 4.12. The highest BCUT2D eigenvalue weighted by Crippen LogP contribution is 2.39. The van der Waals surface area contributed by atoms with Crippen LogP contribution in [0.3, 0.4) is 0 Å². The number of methoxy groups -OCH3 is 1. The molecule has 3 aromatic carbocycles. The first-order chi connectivity index (χ1) is 16.1. The van der Waals surface area contributed by atoms with Crippen LogP contribution in [0.15, 0.2) is 53.5 Å². The third-order valence-corrected chi connectivity index (χ3v) is 6.14. The molecule has 0 bridgehead atoms. The molecule has 2 aliphatic heterocycles. The first-order valence-corrected chi connectivity index (χ1v) is 11.0. The number of halogens is 1. The molecule has 0 spiro atoms. The van der Waals surface area contributed by atoms with Gasteiger partial charge in [-0.3, -0.25) is 4.99 Å². The van der Waals surface area contributed by atoms with Gasteiger partial charge in [-0.1, -0.05) is 24.3 Å². The smallest absolute Gasteiger partial charge is 0.189 e. The molecule has 170 valence electrons.